The topological polar surface area (TPSA) is 80.0 Å². The van der Waals surface area contributed by atoms with E-state index in [-0.39, 0.29) is 12.5 Å². The van der Waals surface area contributed by atoms with Gasteiger partial charge in [0, 0.05) is 31.9 Å². The van der Waals surface area contributed by atoms with Gasteiger partial charge in [0.05, 0.1) is 23.9 Å². The van der Waals surface area contributed by atoms with Crippen LogP contribution >= 0.6 is 0 Å². The number of rotatable bonds is 3. The zero-order valence-corrected chi connectivity index (χ0v) is 11.0. The van der Waals surface area contributed by atoms with Crippen LogP contribution in [0.25, 0.3) is 0 Å². The first kappa shape index (κ1) is 13.8. The number of aliphatic hydroxyl groups excluding tert-OH is 1. The highest BCUT2D eigenvalue weighted by Crippen LogP contribution is 2.10. The van der Waals surface area contributed by atoms with Crippen LogP contribution in [-0.2, 0) is 7.05 Å². The largest absolute Gasteiger partial charge is 0.395 e. The molecule has 0 aliphatic carbocycles. The van der Waals surface area contributed by atoms with E-state index in [1.807, 2.05) is 0 Å². The Labute approximate surface area is 116 Å². The smallest absolute Gasteiger partial charge is 0.258 e. The number of anilines is 1. The fourth-order valence-corrected chi connectivity index (χ4v) is 1.59. The summed E-state index contributed by atoms with van der Waals surface area (Å²) >= 11 is 0. The molecule has 0 atom stereocenters. The van der Waals surface area contributed by atoms with Crippen LogP contribution in [0.1, 0.15) is 22.3 Å². The molecule has 0 aliphatic heterocycles. The second-order valence-electron chi connectivity index (χ2n) is 3.99. The molecule has 1 amide bonds. The number of carbonyl (C=O) groups is 1. The number of nitrogens with zero attached hydrogens (tertiary/aromatic N) is 3. The minimum Gasteiger partial charge on any atom is -0.395 e. The van der Waals surface area contributed by atoms with Crippen molar-refractivity contribution in [3.63, 3.8) is 0 Å². The van der Waals surface area contributed by atoms with Crippen molar-refractivity contribution in [2.75, 3.05) is 11.9 Å². The van der Waals surface area contributed by atoms with E-state index < -0.39 is 0 Å². The van der Waals surface area contributed by atoms with E-state index in [4.69, 9.17) is 5.11 Å². The van der Waals surface area contributed by atoms with Crippen molar-refractivity contribution in [2.45, 2.75) is 6.42 Å². The molecule has 2 N–H and O–H groups in total. The lowest BCUT2D eigenvalue weighted by molar-refractivity contribution is 0.102. The highest BCUT2D eigenvalue weighted by Gasteiger charge is 2.11. The number of amides is 1. The maximum absolute atomic E-state index is 12.2. The van der Waals surface area contributed by atoms with Gasteiger partial charge in [0.25, 0.3) is 5.91 Å². The molecule has 0 saturated carbocycles. The van der Waals surface area contributed by atoms with Crippen LogP contribution in [0.4, 0.5) is 5.82 Å². The zero-order chi connectivity index (χ0) is 14.4. The Kier molecular flexibility index (Phi) is 4.47. The van der Waals surface area contributed by atoms with Crippen LogP contribution in [0, 0.1) is 11.8 Å². The molecule has 102 valence electrons. The maximum Gasteiger partial charge on any atom is 0.258 e. The third-order valence-electron chi connectivity index (χ3n) is 2.59. The first-order valence-electron chi connectivity index (χ1n) is 6.05. The predicted molar refractivity (Wildman–Crippen MR) is 74.0 cm³/mol. The van der Waals surface area contributed by atoms with Gasteiger partial charge in [-0.1, -0.05) is 11.8 Å². The molecule has 0 radical (unpaired) electrons. The van der Waals surface area contributed by atoms with Crippen molar-refractivity contribution >= 4 is 11.7 Å². The summed E-state index contributed by atoms with van der Waals surface area (Å²) in [7, 11) is 1.74. The van der Waals surface area contributed by atoms with Gasteiger partial charge >= 0.3 is 0 Å². The first-order chi connectivity index (χ1) is 9.72. The van der Waals surface area contributed by atoms with Gasteiger partial charge in [0.2, 0.25) is 0 Å². The Hall–Kier alpha value is -2.65. The number of aryl methyl sites for hydroxylation is 1. The van der Waals surface area contributed by atoms with Gasteiger partial charge in [-0.15, -0.1) is 0 Å². The molecule has 2 rings (SSSR count). The highest BCUT2D eigenvalue weighted by molar-refractivity contribution is 6.05. The lowest BCUT2D eigenvalue weighted by Gasteiger charge is -2.06. The number of hydrogen-bond acceptors (Lipinski definition) is 4. The molecular weight excluding hydrogens is 256 g/mol. The summed E-state index contributed by atoms with van der Waals surface area (Å²) in [6.07, 6.45) is 5.03. The molecule has 6 nitrogen and oxygen atoms in total. The molecule has 6 heteroatoms. The Morgan fingerprint density at radius 3 is 3.00 bits per heavy atom. The van der Waals surface area contributed by atoms with Crippen LogP contribution in [-0.4, -0.2) is 32.4 Å². The second kappa shape index (κ2) is 6.50. The Balaban J connectivity index is 2.22. The predicted octanol–water partition coefficient (Wildman–Crippen LogP) is 0.801. The second-order valence-corrected chi connectivity index (χ2v) is 3.99. The average molecular weight is 270 g/mol. The summed E-state index contributed by atoms with van der Waals surface area (Å²) in [5.41, 5.74) is 0.965. The molecule has 2 aromatic heterocycles. The Morgan fingerprint density at radius 1 is 1.45 bits per heavy atom. The first-order valence-corrected chi connectivity index (χ1v) is 6.05. The maximum atomic E-state index is 12.2. The van der Waals surface area contributed by atoms with Gasteiger partial charge in [-0.25, -0.2) is 0 Å². The van der Waals surface area contributed by atoms with Gasteiger partial charge in [-0.2, -0.15) is 5.10 Å². The quantitative estimate of drug-likeness (QED) is 0.808. The molecule has 2 heterocycles. The van der Waals surface area contributed by atoms with Crippen LogP contribution in [0.15, 0.2) is 30.7 Å². The number of aliphatic hydroxyl groups is 1. The van der Waals surface area contributed by atoms with E-state index in [0.717, 1.165) is 0 Å². The Bertz CT molecular complexity index is 667. The third kappa shape index (κ3) is 3.22. The molecule has 0 saturated heterocycles. The number of pyridine rings is 1. The summed E-state index contributed by atoms with van der Waals surface area (Å²) < 4.78 is 1.57. The SMILES string of the molecule is Cn1nccc1NC(=O)c1ccncc1C#CCCO. The van der Waals surface area contributed by atoms with E-state index in [2.05, 4.69) is 27.2 Å². The Morgan fingerprint density at radius 2 is 2.30 bits per heavy atom. The van der Waals surface area contributed by atoms with E-state index in [9.17, 15) is 4.79 Å². The highest BCUT2D eigenvalue weighted by atomic mass is 16.2. The molecule has 0 aliphatic rings. The van der Waals surface area contributed by atoms with Crippen molar-refractivity contribution < 1.29 is 9.90 Å². The van der Waals surface area contributed by atoms with Crippen LogP contribution in [0.5, 0.6) is 0 Å². The molecule has 0 aromatic carbocycles. The van der Waals surface area contributed by atoms with Crippen LogP contribution < -0.4 is 5.32 Å². The molecule has 0 unspecified atom stereocenters. The number of hydrogen-bond donors (Lipinski definition) is 2. The normalized spacial score (nSPS) is 9.70. The van der Waals surface area contributed by atoms with Crippen molar-refractivity contribution in [2.24, 2.45) is 7.05 Å². The van der Waals surface area contributed by atoms with Crippen molar-refractivity contribution in [1.82, 2.24) is 14.8 Å². The minimum atomic E-state index is -0.274. The summed E-state index contributed by atoms with van der Waals surface area (Å²) in [5.74, 6) is 5.94. The molecule has 20 heavy (non-hydrogen) atoms. The van der Waals surface area contributed by atoms with Gasteiger partial charge < -0.3 is 10.4 Å². The zero-order valence-electron chi connectivity index (χ0n) is 11.0. The molecule has 0 spiro atoms. The molecule has 0 bridgehead atoms. The molecule has 0 fully saturated rings. The molecule has 2 aromatic rings. The fraction of sp³-hybridized carbons (Fsp3) is 0.214. The minimum absolute atomic E-state index is 0.0101. The van der Waals surface area contributed by atoms with Crippen LogP contribution in [0.3, 0.4) is 0 Å². The third-order valence-corrected chi connectivity index (χ3v) is 2.59. The monoisotopic (exact) mass is 270 g/mol. The van der Waals surface area contributed by atoms with Crippen molar-refractivity contribution in [3.8, 4) is 11.8 Å². The van der Waals surface area contributed by atoms with Gasteiger partial charge in [0.15, 0.2) is 0 Å². The van der Waals surface area contributed by atoms with E-state index in [1.54, 1.807) is 30.1 Å². The lowest BCUT2D eigenvalue weighted by Crippen LogP contribution is -2.16. The number of nitrogens with one attached hydrogen (secondary N) is 1. The number of aromatic nitrogens is 3. The molecular formula is C14H14N4O2. The average Bonchev–Trinajstić information content (AvgIpc) is 2.85. The van der Waals surface area contributed by atoms with E-state index in [0.29, 0.717) is 23.4 Å². The van der Waals surface area contributed by atoms with Crippen LogP contribution in [0.2, 0.25) is 0 Å². The summed E-state index contributed by atoms with van der Waals surface area (Å²) in [6.45, 7) is -0.0101. The van der Waals surface area contributed by atoms with Gasteiger partial charge in [-0.3, -0.25) is 14.5 Å². The van der Waals surface area contributed by atoms with E-state index in [1.165, 1.54) is 12.4 Å². The summed E-state index contributed by atoms with van der Waals surface area (Å²) in [6, 6.07) is 3.31. The standard InChI is InChI=1S/C14H14N4O2/c1-18-13(6-8-16-18)17-14(20)12-5-7-15-10-11(12)4-2-3-9-19/h5-8,10,19H,3,9H2,1H3,(H,17,20). The van der Waals surface area contributed by atoms with Gasteiger partial charge in [-0.05, 0) is 6.07 Å². The van der Waals surface area contributed by atoms with Crippen molar-refractivity contribution in [3.05, 3.63) is 41.9 Å². The summed E-state index contributed by atoms with van der Waals surface area (Å²) in [4.78, 5) is 16.2. The number of carbonyl (C=O) groups excluding carboxylic acids is 1. The lowest BCUT2D eigenvalue weighted by atomic mass is 10.1. The van der Waals surface area contributed by atoms with E-state index >= 15 is 0 Å². The van der Waals surface area contributed by atoms with Crippen molar-refractivity contribution in [1.29, 1.82) is 0 Å². The van der Waals surface area contributed by atoms with Gasteiger partial charge in [0.1, 0.15) is 5.82 Å². The summed E-state index contributed by atoms with van der Waals surface area (Å²) in [5, 5.41) is 15.5. The fourth-order valence-electron chi connectivity index (χ4n) is 1.59.